The molecule has 1 saturated carbocycles. The number of hydrogen-bond donors (Lipinski definition) is 1. The van der Waals surface area contributed by atoms with Crippen molar-refractivity contribution in [2.75, 3.05) is 11.9 Å². The molecular formula is C16H26N4. The van der Waals surface area contributed by atoms with Gasteiger partial charge in [-0.05, 0) is 44.9 Å². The summed E-state index contributed by atoms with van der Waals surface area (Å²) in [6, 6.07) is 2.88. The van der Waals surface area contributed by atoms with Gasteiger partial charge in [-0.3, -0.25) is 0 Å². The molecule has 2 saturated heterocycles. The zero-order valence-electron chi connectivity index (χ0n) is 12.7. The van der Waals surface area contributed by atoms with E-state index in [0.717, 1.165) is 24.5 Å². The first kappa shape index (κ1) is 12.7. The number of piperidine rings is 1. The van der Waals surface area contributed by atoms with Crippen molar-refractivity contribution in [1.82, 2.24) is 14.9 Å². The molecule has 0 amide bonds. The lowest BCUT2D eigenvalue weighted by molar-refractivity contribution is 0.351. The van der Waals surface area contributed by atoms with Crippen LogP contribution in [0, 0.1) is 0 Å². The van der Waals surface area contributed by atoms with Crippen LogP contribution < -0.4 is 10.2 Å². The number of aryl methyl sites for hydroxylation is 1. The molecule has 3 fully saturated rings. The SMILES string of the molecule is CCc1cn(C2CC2)c(N(C)C2CC3CCC(C2)N3)n1. The molecule has 3 aliphatic rings. The number of fused-ring (bicyclic) bond motifs is 2. The van der Waals surface area contributed by atoms with Crippen LogP contribution in [0.1, 0.15) is 57.2 Å². The molecule has 3 heterocycles. The number of aromatic nitrogens is 2. The first-order valence-corrected chi connectivity index (χ1v) is 8.31. The predicted octanol–water partition coefficient (Wildman–Crippen LogP) is 2.50. The van der Waals surface area contributed by atoms with Gasteiger partial charge < -0.3 is 14.8 Å². The number of nitrogens with one attached hydrogen (secondary N) is 1. The van der Waals surface area contributed by atoms with Crippen LogP contribution in [-0.2, 0) is 6.42 Å². The molecule has 0 aromatic carbocycles. The van der Waals surface area contributed by atoms with E-state index in [1.165, 1.54) is 50.2 Å². The van der Waals surface area contributed by atoms with Gasteiger partial charge in [0.1, 0.15) is 0 Å². The molecule has 4 rings (SSSR count). The Morgan fingerprint density at radius 2 is 1.95 bits per heavy atom. The molecular weight excluding hydrogens is 248 g/mol. The van der Waals surface area contributed by atoms with Gasteiger partial charge in [0.05, 0.1) is 5.69 Å². The van der Waals surface area contributed by atoms with Gasteiger partial charge in [-0.1, -0.05) is 6.92 Å². The summed E-state index contributed by atoms with van der Waals surface area (Å²) in [4.78, 5) is 7.38. The second-order valence-electron chi connectivity index (χ2n) is 6.90. The molecule has 2 bridgehead atoms. The van der Waals surface area contributed by atoms with Crippen LogP contribution in [0.3, 0.4) is 0 Å². The van der Waals surface area contributed by atoms with Crippen LogP contribution in [0.15, 0.2) is 6.20 Å². The summed E-state index contributed by atoms with van der Waals surface area (Å²) in [6.45, 7) is 2.20. The maximum absolute atomic E-state index is 4.90. The highest BCUT2D eigenvalue weighted by Gasteiger charge is 2.37. The summed E-state index contributed by atoms with van der Waals surface area (Å²) in [5, 5.41) is 3.74. The fraction of sp³-hybridized carbons (Fsp3) is 0.812. The van der Waals surface area contributed by atoms with Crippen molar-refractivity contribution >= 4 is 5.95 Å². The molecule has 110 valence electrons. The number of anilines is 1. The third-order valence-electron chi connectivity index (χ3n) is 5.38. The summed E-state index contributed by atoms with van der Waals surface area (Å²) in [5.41, 5.74) is 1.25. The molecule has 1 aromatic rings. The Hall–Kier alpha value is -1.03. The molecule has 1 aliphatic carbocycles. The van der Waals surface area contributed by atoms with E-state index in [1.807, 2.05) is 0 Å². The Labute approximate surface area is 121 Å². The monoisotopic (exact) mass is 274 g/mol. The largest absolute Gasteiger partial charge is 0.342 e. The van der Waals surface area contributed by atoms with Crippen molar-refractivity contribution in [3.05, 3.63) is 11.9 Å². The number of imidazole rings is 1. The van der Waals surface area contributed by atoms with Gasteiger partial charge in [0.25, 0.3) is 0 Å². The molecule has 0 radical (unpaired) electrons. The first-order valence-electron chi connectivity index (χ1n) is 8.31. The van der Waals surface area contributed by atoms with Crippen LogP contribution >= 0.6 is 0 Å². The van der Waals surface area contributed by atoms with Gasteiger partial charge in [0, 0.05) is 37.4 Å². The fourth-order valence-corrected chi connectivity index (χ4v) is 3.99. The second kappa shape index (κ2) is 4.76. The van der Waals surface area contributed by atoms with Crippen molar-refractivity contribution in [3.63, 3.8) is 0 Å². The van der Waals surface area contributed by atoms with Gasteiger partial charge >= 0.3 is 0 Å². The Morgan fingerprint density at radius 1 is 1.25 bits per heavy atom. The molecule has 4 nitrogen and oxygen atoms in total. The molecule has 1 aromatic heterocycles. The maximum Gasteiger partial charge on any atom is 0.205 e. The van der Waals surface area contributed by atoms with Crippen molar-refractivity contribution in [2.45, 2.75) is 76.0 Å². The average Bonchev–Trinajstić information content (AvgIpc) is 3.14. The first-order chi connectivity index (χ1) is 9.74. The Kier molecular flexibility index (Phi) is 3.02. The third-order valence-corrected chi connectivity index (χ3v) is 5.38. The second-order valence-corrected chi connectivity index (χ2v) is 6.90. The Morgan fingerprint density at radius 3 is 2.55 bits per heavy atom. The molecule has 20 heavy (non-hydrogen) atoms. The summed E-state index contributed by atoms with van der Waals surface area (Å²) in [7, 11) is 2.26. The van der Waals surface area contributed by atoms with E-state index in [-0.39, 0.29) is 0 Å². The van der Waals surface area contributed by atoms with Crippen LogP contribution in [0.4, 0.5) is 5.95 Å². The number of hydrogen-bond acceptors (Lipinski definition) is 3. The van der Waals surface area contributed by atoms with Crippen LogP contribution in [-0.4, -0.2) is 34.7 Å². The lowest BCUT2D eigenvalue weighted by atomic mass is 9.99. The van der Waals surface area contributed by atoms with Gasteiger partial charge in [-0.2, -0.15) is 0 Å². The molecule has 2 aliphatic heterocycles. The van der Waals surface area contributed by atoms with Gasteiger partial charge in [-0.15, -0.1) is 0 Å². The molecule has 2 atom stereocenters. The van der Waals surface area contributed by atoms with Crippen molar-refractivity contribution in [3.8, 4) is 0 Å². The molecule has 1 N–H and O–H groups in total. The summed E-state index contributed by atoms with van der Waals surface area (Å²) in [6.07, 6.45) is 11.3. The van der Waals surface area contributed by atoms with Gasteiger partial charge in [0.15, 0.2) is 0 Å². The smallest absolute Gasteiger partial charge is 0.205 e. The van der Waals surface area contributed by atoms with E-state index in [2.05, 4.69) is 35.0 Å². The summed E-state index contributed by atoms with van der Waals surface area (Å²) < 4.78 is 2.45. The summed E-state index contributed by atoms with van der Waals surface area (Å²) >= 11 is 0. The fourth-order valence-electron chi connectivity index (χ4n) is 3.99. The van der Waals surface area contributed by atoms with Gasteiger partial charge in [0.2, 0.25) is 5.95 Å². The van der Waals surface area contributed by atoms with Crippen molar-refractivity contribution < 1.29 is 0 Å². The highest BCUT2D eigenvalue weighted by Crippen LogP contribution is 2.39. The topological polar surface area (TPSA) is 33.1 Å². The normalized spacial score (nSPS) is 32.6. The van der Waals surface area contributed by atoms with Crippen LogP contribution in [0.25, 0.3) is 0 Å². The van der Waals surface area contributed by atoms with E-state index in [1.54, 1.807) is 0 Å². The quantitative estimate of drug-likeness (QED) is 0.916. The van der Waals surface area contributed by atoms with Crippen molar-refractivity contribution in [1.29, 1.82) is 0 Å². The highest BCUT2D eigenvalue weighted by molar-refractivity contribution is 5.36. The minimum Gasteiger partial charge on any atom is -0.342 e. The van der Waals surface area contributed by atoms with E-state index >= 15 is 0 Å². The molecule has 4 heteroatoms. The van der Waals surface area contributed by atoms with Crippen LogP contribution in [0.2, 0.25) is 0 Å². The standard InChI is InChI=1S/C16H26N4/c1-3-11-10-20(14-6-7-14)16(18-11)19(2)15-8-12-4-5-13(9-15)17-12/h10,12-15,17H,3-9H2,1-2H3. The zero-order valence-corrected chi connectivity index (χ0v) is 12.7. The number of rotatable bonds is 4. The summed E-state index contributed by atoms with van der Waals surface area (Å²) in [5.74, 6) is 1.22. The van der Waals surface area contributed by atoms with E-state index in [0.29, 0.717) is 6.04 Å². The maximum atomic E-state index is 4.90. The van der Waals surface area contributed by atoms with E-state index < -0.39 is 0 Å². The number of nitrogens with zero attached hydrogens (tertiary/aromatic N) is 3. The lowest BCUT2D eigenvalue weighted by Crippen LogP contribution is -2.47. The average molecular weight is 274 g/mol. The zero-order chi connectivity index (χ0) is 13.7. The highest BCUT2D eigenvalue weighted by atomic mass is 15.3. The predicted molar refractivity (Wildman–Crippen MR) is 81.2 cm³/mol. The van der Waals surface area contributed by atoms with Crippen molar-refractivity contribution in [2.24, 2.45) is 0 Å². The lowest BCUT2D eigenvalue weighted by Gasteiger charge is -2.36. The minimum absolute atomic E-state index is 0.665. The van der Waals surface area contributed by atoms with E-state index in [9.17, 15) is 0 Å². The Bertz CT molecular complexity index is 479. The van der Waals surface area contributed by atoms with Crippen LogP contribution in [0.5, 0.6) is 0 Å². The van der Waals surface area contributed by atoms with Gasteiger partial charge in [-0.25, -0.2) is 4.98 Å². The molecule has 2 unspecified atom stereocenters. The Balaban J connectivity index is 1.58. The minimum atomic E-state index is 0.665. The third kappa shape index (κ3) is 2.14. The molecule has 0 spiro atoms. The van der Waals surface area contributed by atoms with E-state index in [4.69, 9.17) is 4.98 Å².